The lowest BCUT2D eigenvalue weighted by molar-refractivity contribution is -0.385. The van der Waals surface area contributed by atoms with Crippen LogP contribution in [0.25, 0.3) is 0 Å². The Morgan fingerprint density at radius 1 is 1.15 bits per heavy atom. The van der Waals surface area contributed by atoms with Crippen LogP contribution in [0.1, 0.15) is 28.8 Å². The molecule has 1 amide bonds. The Bertz CT molecular complexity index is 790. The zero-order valence-electron chi connectivity index (χ0n) is 14.2. The van der Waals surface area contributed by atoms with Crippen molar-refractivity contribution >= 4 is 23.2 Å². The van der Waals surface area contributed by atoms with Crippen molar-refractivity contribution in [2.75, 3.05) is 13.1 Å². The lowest BCUT2D eigenvalue weighted by Gasteiger charge is -2.32. The van der Waals surface area contributed by atoms with Crippen molar-refractivity contribution in [1.82, 2.24) is 10.2 Å². The van der Waals surface area contributed by atoms with E-state index in [9.17, 15) is 14.9 Å². The minimum absolute atomic E-state index is 0.00751. The van der Waals surface area contributed by atoms with E-state index in [4.69, 9.17) is 11.6 Å². The smallest absolute Gasteiger partial charge is 0.300 e. The number of hydrogen-bond donors (Lipinski definition) is 1. The molecule has 136 valence electrons. The minimum atomic E-state index is -0.611. The number of nitrogens with zero attached hydrogens (tertiary/aromatic N) is 2. The molecule has 2 aromatic rings. The third-order valence-corrected chi connectivity index (χ3v) is 4.89. The molecule has 1 fully saturated rings. The Kier molecular flexibility index (Phi) is 5.85. The van der Waals surface area contributed by atoms with Crippen LogP contribution in [0.3, 0.4) is 0 Å². The minimum Gasteiger partial charge on any atom is -0.349 e. The summed E-state index contributed by atoms with van der Waals surface area (Å²) >= 11 is 5.88. The number of carbonyl (C=O) groups is 1. The fraction of sp³-hybridized carbons (Fsp3) is 0.316. The molecule has 3 rings (SSSR count). The second kappa shape index (κ2) is 8.29. The highest BCUT2D eigenvalue weighted by atomic mass is 35.5. The zero-order chi connectivity index (χ0) is 18.5. The molecule has 1 N–H and O–H groups in total. The molecule has 1 aliphatic heterocycles. The normalized spacial score (nSPS) is 15.6. The monoisotopic (exact) mass is 373 g/mol. The van der Waals surface area contributed by atoms with Crippen LogP contribution in [0.5, 0.6) is 0 Å². The summed E-state index contributed by atoms with van der Waals surface area (Å²) in [5.41, 5.74) is 0.937. The summed E-state index contributed by atoms with van der Waals surface area (Å²) in [5, 5.41) is 14.1. The van der Waals surface area contributed by atoms with E-state index in [2.05, 4.69) is 22.3 Å². The summed E-state index contributed by atoms with van der Waals surface area (Å²) < 4.78 is 0. The second-order valence-electron chi connectivity index (χ2n) is 6.40. The summed E-state index contributed by atoms with van der Waals surface area (Å²) in [7, 11) is 0. The molecule has 7 heteroatoms. The number of hydrogen-bond acceptors (Lipinski definition) is 4. The highest BCUT2D eigenvalue weighted by Crippen LogP contribution is 2.28. The molecule has 0 spiro atoms. The van der Waals surface area contributed by atoms with Crippen LogP contribution in [0, 0.1) is 10.1 Å². The molecule has 1 heterocycles. The van der Waals surface area contributed by atoms with E-state index in [0.29, 0.717) is 0 Å². The number of rotatable bonds is 5. The maximum atomic E-state index is 12.5. The van der Waals surface area contributed by atoms with Gasteiger partial charge in [0, 0.05) is 25.7 Å². The first-order valence-electron chi connectivity index (χ1n) is 8.54. The number of para-hydroxylation sites is 1. The number of piperidine rings is 1. The van der Waals surface area contributed by atoms with Gasteiger partial charge in [-0.2, -0.15) is 0 Å². The van der Waals surface area contributed by atoms with Crippen molar-refractivity contribution in [3.8, 4) is 0 Å². The van der Waals surface area contributed by atoms with Gasteiger partial charge in [0.05, 0.1) is 4.92 Å². The molecule has 26 heavy (non-hydrogen) atoms. The molecule has 1 aliphatic rings. The van der Waals surface area contributed by atoms with E-state index in [1.807, 2.05) is 18.2 Å². The molecule has 0 aliphatic carbocycles. The van der Waals surface area contributed by atoms with Crippen LogP contribution in [0.2, 0.25) is 5.02 Å². The molecule has 0 unspecified atom stereocenters. The SMILES string of the molecule is O=C(NC1CCN(Cc2ccccc2)CC1)c1cccc(Cl)c1[N+](=O)[O-]. The van der Waals surface area contributed by atoms with Crippen LogP contribution in [0.4, 0.5) is 5.69 Å². The number of likely N-dealkylation sites (tertiary alicyclic amines) is 1. The summed E-state index contributed by atoms with van der Waals surface area (Å²) in [5.74, 6) is -0.444. The quantitative estimate of drug-likeness (QED) is 0.641. The number of benzene rings is 2. The van der Waals surface area contributed by atoms with Crippen LogP contribution in [-0.2, 0) is 6.54 Å². The first-order valence-corrected chi connectivity index (χ1v) is 8.92. The second-order valence-corrected chi connectivity index (χ2v) is 6.81. The van der Waals surface area contributed by atoms with Gasteiger partial charge in [-0.25, -0.2) is 0 Å². The van der Waals surface area contributed by atoms with E-state index >= 15 is 0 Å². The molecule has 2 aromatic carbocycles. The van der Waals surface area contributed by atoms with Crippen molar-refractivity contribution in [2.24, 2.45) is 0 Å². The van der Waals surface area contributed by atoms with Gasteiger partial charge < -0.3 is 5.32 Å². The summed E-state index contributed by atoms with van der Waals surface area (Å²) in [6.07, 6.45) is 1.62. The third kappa shape index (κ3) is 4.39. The van der Waals surface area contributed by atoms with Crippen molar-refractivity contribution < 1.29 is 9.72 Å². The Morgan fingerprint density at radius 3 is 2.50 bits per heavy atom. The van der Waals surface area contributed by atoms with Gasteiger partial charge in [0.15, 0.2) is 0 Å². The molecule has 0 atom stereocenters. The first kappa shape index (κ1) is 18.4. The van der Waals surface area contributed by atoms with E-state index in [1.165, 1.54) is 17.7 Å². The van der Waals surface area contributed by atoms with Crippen molar-refractivity contribution in [3.63, 3.8) is 0 Å². The van der Waals surface area contributed by atoms with E-state index in [0.717, 1.165) is 32.5 Å². The zero-order valence-corrected chi connectivity index (χ0v) is 15.0. The Hall–Kier alpha value is -2.44. The van der Waals surface area contributed by atoms with E-state index in [-0.39, 0.29) is 22.3 Å². The lowest BCUT2D eigenvalue weighted by atomic mass is 10.0. The molecule has 6 nitrogen and oxygen atoms in total. The standard InChI is InChI=1S/C19H20ClN3O3/c20-17-8-4-7-16(18(17)23(25)26)19(24)21-15-9-11-22(12-10-15)13-14-5-2-1-3-6-14/h1-8,15H,9-13H2,(H,21,24). The number of nitro benzene ring substituents is 1. The largest absolute Gasteiger partial charge is 0.349 e. The highest BCUT2D eigenvalue weighted by Gasteiger charge is 2.26. The summed E-state index contributed by atoms with van der Waals surface area (Å²) in [6, 6.07) is 14.7. The molecule has 0 bridgehead atoms. The first-order chi connectivity index (χ1) is 12.5. The van der Waals surface area contributed by atoms with Crippen molar-refractivity contribution in [2.45, 2.75) is 25.4 Å². The number of nitro groups is 1. The van der Waals surface area contributed by atoms with Crippen molar-refractivity contribution in [1.29, 1.82) is 0 Å². The molecule has 0 radical (unpaired) electrons. The van der Waals surface area contributed by atoms with Crippen LogP contribution < -0.4 is 5.32 Å². The van der Waals surface area contributed by atoms with Gasteiger partial charge in [-0.15, -0.1) is 0 Å². The van der Waals surface area contributed by atoms with Gasteiger partial charge in [0.25, 0.3) is 5.91 Å². The molecule has 1 saturated heterocycles. The Balaban J connectivity index is 1.57. The topological polar surface area (TPSA) is 75.5 Å². The average molecular weight is 374 g/mol. The third-order valence-electron chi connectivity index (χ3n) is 4.59. The summed E-state index contributed by atoms with van der Waals surface area (Å²) in [4.78, 5) is 25.4. The number of carbonyl (C=O) groups excluding carboxylic acids is 1. The number of halogens is 1. The maximum Gasteiger partial charge on any atom is 0.300 e. The van der Waals surface area contributed by atoms with Gasteiger partial charge in [-0.1, -0.05) is 48.0 Å². The predicted molar refractivity (Wildman–Crippen MR) is 100 cm³/mol. The van der Waals surface area contributed by atoms with E-state index in [1.54, 1.807) is 6.07 Å². The van der Waals surface area contributed by atoms with Gasteiger partial charge >= 0.3 is 5.69 Å². The average Bonchev–Trinajstić information content (AvgIpc) is 2.63. The fourth-order valence-corrected chi connectivity index (χ4v) is 3.47. The van der Waals surface area contributed by atoms with Gasteiger partial charge in [-0.05, 0) is 30.5 Å². The van der Waals surface area contributed by atoms with Crippen LogP contribution in [0.15, 0.2) is 48.5 Å². The number of nitrogens with one attached hydrogen (secondary N) is 1. The molecular weight excluding hydrogens is 354 g/mol. The number of amides is 1. The molecule has 0 saturated carbocycles. The van der Waals surface area contributed by atoms with Crippen LogP contribution in [-0.4, -0.2) is 34.9 Å². The molecule has 0 aromatic heterocycles. The van der Waals surface area contributed by atoms with Gasteiger partial charge in [0.2, 0.25) is 0 Å². The predicted octanol–water partition coefficient (Wildman–Crippen LogP) is 3.64. The van der Waals surface area contributed by atoms with Gasteiger partial charge in [-0.3, -0.25) is 19.8 Å². The summed E-state index contributed by atoms with van der Waals surface area (Å²) in [6.45, 7) is 2.64. The van der Waals surface area contributed by atoms with Crippen molar-refractivity contribution in [3.05, 3.63) is 74.8 Å². The Morgan fingerprint density at radius 2 is 1.85 bits per heavy atom. The lowest BCUT2D eigenvalue weighted by Crippen LogP contribution is -2.44. The van der Waals surface area contributed by atoms with Gasteiger partial charge in [0.1, 0.15) is 10.6 Å². The maximum absolute atomic E-state index is 12.5. The Labute approximate surface area is 156 Å². The molecular formula is C19H20ClN3O3. The highest BCUT2D eigenvalue weighted by molar-refractivity contribution is 6.33. The fourth-order valence-electron chi connectivity index (χ4n) is 3.22. The van der Waals surface area contributed by atoms with E-state index < -0.39 is 10.8 Å². The van der Waals surface area contributed by atoms with Crippen LogP contribution >= 0.6 is 11.6 Å².